The highest BCUT2D eigenvalue weighted by Gasteiger charge is 2.73. The van der Waals surface area contributed by atoms with Gasteiger partial charge in [0.2, 0.25) is 0 Å². The average Bonchev–Trinajstić information content (AvgIpc) is 3.61. The van der Waals surface area contributed by atoms with E-state index < -0.39 is 102 Å². The van der Waals surface area contributed by atoms with Gasteiger partial charge in [0.25, 0.3) is 0 Å². The van der Waals surface area contributed by atoms with Crippen LogP contribution in [-0.4, -0.2) is 139 Å². The molecule has 0 aromatic heterocycles. The number of hydrogen-bond donors (Lipinski definition) is 8. The molecule has 0 radical (unpaired) electrons. The molecule has 2 saturated heterocycles. The molecular formula is C35H52O15. The maximum Gasteiger partial charge on any atom is 0.331 e. The first kappa shape index (κ1) is 36.6. The Morgan fingerprint density at radius 1 is 0.940 bits per heavy atom. The van der Waals surface area contributed by atoms with Crippen LogP contribution in [0.1, 0.15) is 78.1 Å². The molecule has 3 heterocycles. The van der Waals surface area contributed by atoms with Gasteiger partial charge in [0.15, 0.2) is 12.6 Å². The van der Waals surface area contributed by atoms with Crippen LogP contribution in [0.25, 0.3) is 0 Å². The quantitative estimate of drug-likeness (QED) is 0.122. The molecule has 0 aromatic carbocycles. The zero-order chi connectivity index (χ0) is 36.0. The minimum atomic E-state index is -1.65. The summed E-state index contributed by atoms with van der Waals surface area (Å²) in [6.07, 6.45) is -7.06. The van der Waals surface area contributed by atoms with Crippen molar-refractivity contribution in [2.24, 2.45) is 28.6 Å². The van der Waals surface area contributed by atoms with Gasteiger partial charge >= 0.3 is 11.9 Å². The van der Waals surface area contributed by atoms with E-state index in [0.717, 1.165) is 5.57 Å². The maximum atomic E-state index is 13.4. The molecular weight excluding hydrogens is 660 g/mol. The number of hydrogen-bond acceptors (Lipinski definition) is 14. The Bertz CT molecular complexity index is 1340. The van der Waals surface area contributed by atoms with Gasteiger partial charge in [-0.2, -0.15) is 0 Å². The fraction of sp³-hybridized carbons (Fsp3) is 0.886. The smallest absolute Gasteiger partial charge is 0.331 e. The second-order valence-corrected chi connectivity index (χ2v) is 16.2. The van der Waals surface area contributed by atoms with Crippen LogP contribution in [0.15, 0.2) is 11.6 Å². The predicted octanol–water partition coefficient (Wildman–Crippen LogP) is -0.511. The molecule has 15 heteroatoms. The minimum absolute atomic E-state index is 0.0407. The largest absolute Gasteiger partial charge is 0.481 e. The van der Waals surface area contributed by atoms with Crippen LogP contribution in [0.5, 0.6) is 0 Å². The average molecular weight is 713 g/mol. The van der Waals surface area contributed by atoms with Gasteiger partial charge in [-0.15, -0.1) is 0 Å². The number of aliphatic hydroxyl groups is 7. The van der Waals surface area contributed by atoms with Gasteiger partial charge in [-0.1, -0.05) is 6.92 Å². The Hall–Kier alpha value is -1.76. The Morgan fingerprint density at radius 2 is 1.68 bits per heavy atom. The van der Waals surface area contributed by atoms with Crippen molar-refractivity contribution in [2.75, 3.05) is 13.2 Å². The highest BCUT2D eigenvalue weighted by molar-refractivity contribution is 5.85. The Labute approximate surface area is 290 Å². The third-order valence-electron chi connectivity index (χ3n) is 14.0. The molecule has 4 aliphatic carbocycles. The van der Waals surface area contributed by atoms with Crippen molar-refractivity contribution < 1.29 is 74.1 Å². The number of aliphatic carboxylic acids is 1. The molecule has 50 heavy (non-hydrogen) atoms. The lowest BCUT2D eigenvalue weighted by Gasteiger charge is -2.65. The molecule has 3 aliphatic heterocycles. The van der Waals surface area contributed by atoms with Crippen molar-refractivity contribution in [3.63, 3.8) is 0 Å². The lowest BCUT2D eigenvalue weighted by Crippen LogP contribution is -2.70. The highest BCUT2D eigenvalue weighted by Crippen LogP contribution is 2.71. The summed E-state index contributed by atoms with van der Waals surface area (Å²) in [5.41, 5.74) is -3.90. The summed E-state index contributed by atoms with van der Waals surface area (Å²) < 4.78 is 28.7. The fourth-order valence-corrected chi connectivity index (χ4v) is 11.4. The minimum Gasteiger partial charge on any atom is -0.481 e. The number of esters is 1. The molecule has 282 valence electrons. The normalized spacial score (nSPS) is 53.5. The molecule has 8 N–H and O–H groups in total. The zero-order valence-corrected chi connectivity index (χ0v) is 28.5. The number of carbonyl (C=O) groups excluding carboxylic acids is 1. The number of fused-ring (bicyclic) bond motifs is 5. The van der Waals surface area contributed by atoms with Gasteiger partial charge < -0.3 is 64.5 Å². The second-order valence-electron chi connectivity index (χ2n) is 16.2. The van der Waals surface area contributed by atoms with Crippen LogP contribution in [-0.2, 0) is 33.3 Å². The van der Waals surface area contributed by atoms with Gasteiger partial charge in [0.05, 0.1) is 41.5 Å². The van der Waals surface area contributed by atoms with Gasteiger partial charge in [0.1, 0.15) is 37.1 Å². The van der Waals surface area contributed by atoms with E-state index in [0.29, 0.717) is 38.5 Å². The Balaban J connectivity index is 1.02. The third-order valence-corrected chi connectivity index (χ3v) is 14.0. The molecule has 0 amide bonds. The van der Waals surface area contributed by atoms with Crippen molar-refractivity contribution in [1.82, 2.24) is 0 Å². The van der Waals surface area contributed by atoms with E-state index in [1.165, 1.54) is 6.08 Å². The predicted molar refractivity (Wildman–Crippen MR) is 168 cm³/mol. The summed E-state index contributed by atoms with van der Waals surface area (Å²) in [4.78, 5) is 25.2. The second kappa shape index (κ2) is 13.0. The fourth-order valence-electron chi connectivity index (χ4n) is 11.4. The maximum absolute atomic E-state index is 13.4. The first-order valence-corrected chi connectivity index (χ1v) is 18.1. The summed E-state index contributed by atoms with van der Waals surface area (Å²) >= 11 is 0. The molecule has 4 saturated carbocycles. The Morgan fingerprint density at radius 3 is 2.34 bits per heavy atom. The summed E-state index contributed by atoms with van der Waals surface area (Å²) in [6.45, 7) is 3.27. The number of carbonyl (C=O) groups is 2. The number of ether oxygens (including phenoxy) is 5. The molecule has 17 unspecified atom stereocenters. The van der Waals surface area contributed by atoms with Crippen LogP contribution in [0.4, 0.5) is 0 Å². The standard InChI is InChI=1S/C35H52O15/c1-16-29(50-30-28(41)27(40)26(39)23(14-36)49-30)22(37)12-25(47-16)48-18-3-9-34(31(42)43)20-4-7-32(2)19(17-11-24(38)46-15-17)6-10-35(32,45)21(20)5-8-33(34,44)13-18/h11,16,18-23,25-30,36-37,39-41,44-45H,3-10,12-15H2,1-2H3,(H,42,43). The molecule has 7 aliphatic rings. The summed E-state index contributed by atoms with van der Waals surface area (Å²) in [5.74, 6) is -2.28. The van der Waals surface area contributed by atoms with Crippen molar-refractivity contribution in [3.05, 3.63) is 11.6 Å². The van der Waals surface area contributed by atoms with E-state index in [2.05, 4.69) is 6.92 Å². The van der Waals surface area contributed by atoms with E-state index in [1.807, 2.05) is 0 Å². The number of cyclic esters (lactones) is 1. The van der Waals surface area contributed by atoms with Crippen molar-refractivity contribution in [2.45, 2.75) is 151 Å². The topological polar surface area (TPSA) is 242 Å². The first-order valence-electron chi connectivity index (χ1n) is 18.1. The van der Waals surface area contributed by atoms with Crippen molar-refractivity contribution in [1.29, 1.82) is 0 Å². The number of aliphatic hydroxyl groups excluding tert-OH is 5. The molecule has 7 rings (SSSR count). The van der Waals surface area contributed by atoms with E-state index in [4.69, 9.17) is 23.7 Å². The Kier molecular flexibility index (Phi) is 9.49. The van der Waals surface area contributed by atoms with E-state index in [1.54, 1.807) is 6.92 Å². The van der Waals surface area contributed by atoms with E-state index >= 15 is 0 Å². The molecule has 17 atom stereocenters. The molecule has 0 bridgehead atoms. The van der Waals surface area contributed by atoms with E-state index in [9.17, 15) is 50.4 Å². The third kappa shape index (κ3) is 5.41. The van der Waals surface area contributed by atoms with Crippen LogP contribution >= 0.6 is 0 Å². The van der Waals surface area contributed by atoms with Gasteiger partial charge in [-0.3, -0.25) is 4.79 Å². The highest BCUT2D eigenvalue weighted by atomic mass is 16.7. The SMILES string of the molecule is CC1OC(OC2CCC3(C(=O)O)C4CCC5(C)C(C6=CC(=O)OC6)CCC5(O)C4CCC3(O)C2)CC(O)C1OC1OC(CO)C(O)C(O)C1O. The number of carboxylic acid groups (broad SMARTS) is 1. The zero-order valence-electron chi connectivity index (χ0n) is 28.5. The van der Waals surface area contributed by atoms with Gasteiger partial charge in [0, 0.05) is 24.3 Å². The van der Waals surface area contributed by atoms with E-state index in [-0.39, 0.29) is 50.1 Å². The van der Waals surface area contributed by atoms with Crippen molar-refractivity contribution >= 4 is 11.9 Å². The summed E-state index contributed by atoms with van der Waals surface area (Å²) in [5, 5.41) is 86.8. The molecule has 0 spiro atoms. The van der Waals surface area contributed by atoms with Crippen molar-refractivity contribution in [3.8, 4) is 0 Å². The van der Waals surface area contributed by atoms with Crippen LogP contribution < -0.4 is 0 Å². The lowest BCUT2D eigenvalue weighted by atomic mass is 9.41. The van der Waals surface area contributed by atoms with Crippen LogP contribution in [0.3, 0.4) is 0 Å². The van der Waals surface area contributed by atoms with Crippen LogP contribution in [0, 0.1) is 28.6 Å². The van der Waals surface area contributed by atoms with Crippen LogP contribution in [0.2, 0.25) is 0 Å². The summed E-state index contributed by atoms with van der Waals surface area (Å²) in [6, 6.07) is 0. The first-order chi connectivity index (χ1) is 23.6. The monoisotopic (exact) mass is 712 g/mol. The lowest BCUT2D eigenvalue weighted by molar-refractivity contribution is -0.345. The molecule has 15 nitrogen and oxygen atoms in total. The number of rotatable bonds is 7. The summed E-state index contributed by atoms with van der Waals surface area (Å²) in [7, 11) is 0. The molecule has 6 fully saturated rings. The van der Waals surface area contributed by atoms with Gasteiger partial charge in [-0.05, 0) is 81.6 Å². The molecule has 0 aromatic rings. The number of carboxylic acids is 1. The van der Waals surface area contributed by atoms with Gasteiger partial charge in [-0.25, -0.2) is 4.79 Å².